The molecule has 0 unspecified atom stereocenters. The Morgan fingerprint density at radius 1 is 1.44 bits per heavy atom. The van der Waals surface area contributed by atoms with Gasteiger partial charge in [0.15, 0.2) is 0 Å². The van der Waals surface area contributed by atoms with Gasteiger partial charge in [0.05, 0.1) is 19.3 Å². The highest BCUT2D eigenvalue weighted by molar-refractivity contribution is 5.77. The van der Waals surface area contributed by atoms with Crippen LogP contribution in [0, 0.1) is 0 Å². The molecule has 1 atom stereocenters. The lowest BCUT2D eigenvalue weighted by atomic mass is 10.1. The van der Waals surface area contributed by atoms with Crippen molar-refractivity contribution in [2.24, 2.45) is 0 Å². The van der Waals surface area contributed by atoms with Gasteiger partial charge >= 0.3 is 0 Å². The Bertz CT molecular complexity index is 223. The Kier molecular flexibility index (Phi) is 4.56. The lowest BCUT2D eigenvalue weighted by Gasteiger charge is -2.28. The van der Waals surface area contributed by atoms with Gasteiger partial charge in [-0.05, 0) is 19.4 Å². The maximum atomic E-state index is 11.8. The number of carbonyl (C=O) groups is 1. The van der Waals surface area contributed by atoms with Crippen LogP contribution in [0.3, 0.4) is 0 Å². The van der Waals surface area contributed by atoms with Gasteiger partial charge in [0.2, 0.25) is 5.91 Å². The molecule has 0 spiro atoms. The number of nitrogens with zero attached hydrogens (tertiary/aromatic N) is 1. The monoisotopic (exact) mass is 228 g/mol. The zero-order chi connectivity index (χ0) is 11.2. The van der Waals surface area contributed by atoms with Gasteiger partial charge in [-0.1, -0.05) is 0 Å². The van der Waals surface area contributed by atoms with Gasteiger partial charge in [-0.25, -0.2) is 0 Å². The number of hydrogen-bond donors (Lipinski definition) is 1. The minimum Gasteiger partial charge on any atom is -0.378 e. The maximum absolute atomic E-state index is 11.8. The Morgan fingerprint density at radius 2 is 2.25 bits per heavy atom. The first kappa shape index (κ1) is 11.8. The molecule has 0 aliphatic carbocycles. The summed E-state index contributed by atoms with van der Waals surface area (Å²) in [5, 5.41) is 3.27. The summed E-state index contributed by atoms with van der Waals surface area (Å²) in [5.41, 5.74) is 0. The van der Waals surface area contributed by atoms with Crippen molar-refractivity contribution in [3.05, 3.63) is 0 Å². The number of hydrogen-bond acceptors (Lipinski definition) is 4. The van der Waals surface area contributed by atoms with Crippen molar-refractivity contribution in [1.29, 1.82) is 0 Å². The van der Waals surface area contributed by atoms with E-state index in [-0.39, 0.29) is 18.6 Å². The minimum absolute atomic E-state index is 0.0915. The highest BCUT2D eigenvalue weighted by Crippen LogP contribution is 2.06. The third-order valence-electron chi connectivity index (χ3n) is 3.06. The average molecular weight is 228 g/mol. The third kappa shape index (κ3) is 3.43. The quantitative estimate of drug-likeness (QED) is 0.715. The molecule has 0 aromatic rings. The van der Waals surface area contributed by atoms with Crippen LogP contribution in [0.4, 0.5) is 0 Å². The fraction of sp³-hybridized carbons (Fsp3) is 0.909. The number of ether oxygens (including phenoxy) is 2. The van der Waals surface area contributed by atoms with Crippen molar-refractivity contribution in [1.82, 2.24) is 10.2 Å². The summed E-state index contributed by atoms with van der Waals surface area (Å²) >= 11 is 0. The van der Waals surface area contributed by atoms with E-state index in [2.05, 4.69) is 5.32 Å². The molecule has 2 rings (SSSR count). The zero-order valence-electron chi connectivity index (χ0n) is 9.61. The van der Waals surface area contributed by atoms with Crippen LogP contribution >= 0.6 is 0 Å². The minimum atomic E-state index is 0.0915. The molecule has 92 valence electrons. The number of morpholine rings is 1. The second kappa shape index (κ2) is 6.18. The van der Waals surface area contributed by atoms with Gasteiger partial charge < -0.3 is 19.7 Å². The van der Waals surface area contributed by atoms with E-state index in [1.807, 2.05) is 4.90 Å². The fourth-order valence-corrected chi connectivity index (χ4v) is 2.06. The van der Waals surface area contributed by atoms with Crippen LogP contribution in [0.1, 0.15) is 12.8 Å². The second-order valence-electron chi connectivity index (χ2n) is 4.27. The topological polar surface area (TPSA) is 50.8 Å². The van der Waals surface area contributed by atoms with Crippen molar-refractivity contribution in [2.75, 3.05) is 46.0 Å². The second-order valence-corrected chi connectivity index (χ2v) is 4.27. The van der Waals surface area contributed by atoms with Crippen LogP contribution in [-0.4, -0.2) is 62.9 Å². The molecule has 5 nitrogen and oxygen atoms in total. The Hall–Kier alpha value is -0.650. The molecular weight excluding hydrogens is 208 g/mol. The normalized spacial score (nSPS) is 26.8. The molecule has 2 fully saturated rings. The van der Waals surface area contributed by atoms with Crippen LogP contribution < -0.4 is 5.32 Å². The van der Waals surface area contributed by atoms with Crippen LogP contribution in [-0.2, 0) is 14.3 Å². The predicted molar refractivity (Wildman–Crippen MR) is 59.2 cm³/mol. The maximum Gasteiger partial charge on any atom is 0.248 e. The van der Waals surface area contributed by atoms with E-state index < -0.39 is 0 Å². The third-order valence-corrected chi connectivity index (χ3v) is 3.06. The lowest BCUT2D eigenvalue weighted by Crippen LogP contribution is -2.44. The molecule has 2 heterocycles. The molecule has 2 saturated heterocycles. The summed E-state index contributed by atoms with van der Waals surface area (Å²) in [6.07, 6.45) is 2.40. The van der Waals surface area contributed by atoms with E-state index in [1.54, 1.807) is 0 Å². The molecule has 16 heavy (non-hydrogen) atoms. The molecule has 2 aliphatic heterocycles. The van der Waals surface area contributed by atoms with Crippen molar-refractivity contribution in [3.63, 3.8) is 0 Å². The van der Waals surface area contributed by atoms with Crippen LogP contribution in [0.25, 0.3) is 0 Å². The van der Waals surface area contributed by atoms with Crippen molar-refractivity contribution < 1.29 is 14.3 Å². The van der Waals surface area contributed by atoms with Gasteiger partial charge in [-0.2, -0.15) is 0 Å². The van der Waals surface area contributed by atoms with Gasteiger partial charge in [0.1, 0.15) is 6.61 Å². The largest absolute Gasteiger partial charge is 0.378 e. The molecule has 1 N–H and O–H groups in total. The lowest BCUT2D eigenvalue weighted by molar-refractivity contribution is -0.142. The number of rotatable bonds is 3. The molecule has 5 heteroatoms. The number of carbonyl (C=O) groups excluding carboxylic acids is 1. The zero-order valence-corrected chi connectivity index (χ0v) is 9.61. The first-order chi connectivity index (χ1) is 7.86. The Morgan fingerprint density at radius 3 is 2.94 bits per heavy atom. The van der Waals surface area contributed by atoms with Gasteiger partial charge in [-0.3, -0.25) is 4.79 Å². The van der Waals surface area contributed by atoms with E-state index >= 15 is 0 Å². The average Bonchev–Trinajstić information content (AvgIpc) is 2.38. The summed E-state index contributed by atoms with van der Waals surface area (Å²) in [4.78, 5) is 13.6. The number of nitrogens with one attached hydrogen (secondary N) is 1. The molecule has 2 aliphatic rings. The van der Waals surface area contributed by atoms with Crippen molar-refractivity contribution in [2.45, 2.75) is 18.9 Å². The molecule has 0 bridgehead atoms. The standard InChI is InChI=1S/C11H20N2O3/c14-11(13-4-6-15-7-5-13)9-16-10-2-1-3-12-8-10/h10,12H,1-9H2/t10-/m1/s1. The molecule has 0 saturated carbocycles. The predicted octanol–water partition coefficient (Wildman–Crippen LogP) is -0.386. The summed E-state index contributed by atoms with van der Waals surface area (Å²) in [6, 6.07) is 0. The molecular formula is C11H20N2O3. The summed E-state index contributed by atoms with van der Waals surface area (Å²) < 4.78 is 10.8. The van der Waals surface area contributed by atoms with Crippen molar-refractivity contribution in [3.8, 4) is 0 Å². The van der Waals surface area contributed by atoms with E-state index in [0.29, 0.717) is 26.3 Å². The van der Waals surface area contributed by atoms with E-state index in [1.165, 1.54) is 0 Å². The molecule has 0 aromatic carbocycles. The fourth-order valence-electron chi connectivity index (χ4n) is 2.06. The SMILES string of the molecule is O=C(CO[C@@H]1CCCNC1)N1CCOCC1. The van der Waals surface area contributed by atoms with E-state index in [4.69, 9.17) is 9.47 Å². The number of amides is 1. The van der Waals surface area contributed by atoms with Gasteiger partial charge in [-0.15, -0.1) is 0 Å². The van der Waals surface area contributed by atoms with Gasteiger partial charge in [0.25, 0.3) is 0 Å². The van der Waals surface area contributed by atoms with E-state index in [9.17, 15) is 4.79 Å². The smallest absolute Gasteiger partial charge is 0.248 e. The Balaban J connectivity index is 1.65. The summed E-state index contributed by atoms with van der Waals surface area (Å²) in [6.45, 7) is 4.85. The first-order valence-electron chi connectivity index (χ1n) is 6.04. The van der Waals surface area contributed by atoms with Crippen molar-refractivity contribution >= 4 is 5.91 Å². The van der Waals surface area contributed by atoms with Crippen LogP contribution in [0.5, 0.6) is 0 Å². The molecule has 1 amide bonds. The highest BCUT2D eigenvalue weighted by Gasteiger charge is 2.19. The Labute approximate surface area is 96.1 Å². The molecule has 0 aromatic heterocycles. The number of piperidine rings is 1. The first-order valence-corrected chi connectivity index (χ1v) is 6.04. The molecule has 0 radical (unpaired) electrons. The van der Waals surface area contributed by atoms with Crippen LogP contribution in [0.2, 0.25) is 0 Å². The van der Waals surface area contributed by atoms with Crippen LogP contribution in [0.15, 0.2) is 0 Å². The van der Waals surface area contributed by atoms with E-state index in [0.717, 1.165) is 25.9 Å². The summed E-state index contributed by atoms with van der Waals surface area (Å²) in [7, 11) is 0. The highest BCUT2D eigenvalue weighted by atomic mass is 16.5. The van der Waals surface area contributed by atoms with Gasteiger partial charge in [0, 0.05) is 19.6 Å². The summed E-state index contributed by atoms with van der Waals surface area (Å²) in [5.74, 6) is 0.0915.